The molecule has 0 saturated carbocycles. The number of thioether (sulfide) groups is 1. The molecule has 19 heavy (non-hydrogen) atoms. The third-order valence-corrected chi connectivity index (χ3v) is 5.10. The fourth-order valence-electron chi connectivity index (χ4n) is 2.37. The molecule has 2 atom stereocenters. The number of nitrogens with one attached hydrogen (secondary N) is 1. The lowest BCUT2D eigenvalue weighted by molar-refractivity contribution is 0.129. The van der Waals surface area contributed by atoms with Gasteiger partial charge in [0.25, 0.3) is 0 Å². The molecular weight excluding hydrogens is 322 g/mol. The molecule has 1 saturated heterocycles. The van der Waals surface area contributed by atoms with Gasteiger partial charge >= 0.3 is 0 Å². The lowest BCUT2D eigenvalue weighted by atomic mass is 10.1. The summed E-state index contributed by atoms with van der Waals surface area (Å²) in [7, 11) is 0. The third kappa shape index (κ3) is 4.48. The van der Waals surface area contributed by atoms with Crippen LogP contribution in [0.2, 0.25) is 0 Å². The van der Waals surface area contributed by atoms with Gasteiger partial charge in [-0.25, -0.2) is 0 Å². The normalized spacial score (nSPS) is 20.7. The number of rotatable bonds is 6. The van der Waals surface area contributed by atoms with E-state index in [0.29, 0.717) is 12.1 Å². The van der Waals surface area contributed by atoms with Crippen LogP contribution >= 0.6 is 27.7 Å². The van der Waals surface area contributed by atoms with E-state index in [2.05, 4.69) is 53.3 Å². The van der Waals surface area contributed by atoms with Gasteiger partial charge in [0.15, 0.2) is 0 Å². The third-order valence-electron chi connectivity index (χ3n) is 3.40. The van der Waals surface area contributed by atoms with Crippen LogP contribution in [0.5, 0.6) is 0 Å². The van der Waals surface area contributed by atoms with Crippen LogP contribution in [0.15, 0.2) is 27.6 Å². The minimum Gasteiger partial charge on any atom is -0.377 e. The van der Waals surface area contributed by atoms with Gasteiger partial charge in [0.05, 0.1) is 6.10 Å². The summed E-state index contributed by atoms with van der Waals surface area (Å²) >= 11 is 5.49. The molecule has 0 bridgehead atoms. The van der Waals surface area contributed by atoms with Gasteiger partial charge in [-0.15, -0.1) is 11.8 Å². The van der Waals surface area contributed by atoms with Crippen molar-refractivity contribution in [2.24, 2.45) is 0 Å². The van der Waals surface area contributed by atoms with Crippen molar-refractivity contribution < 1.29 is 4.74 Å². The minimum absolute atomic E-state index is 0.394. The second-order valence-electron chi connectivity index (χ2n) is 4.91. The van der Waals surface area contributed by atoms with Crippen molar-refractivity contribution in [2.75, 3.05) is 18.9 Å². The van der Waals surface area contributed by atoms with Crippen molar-refractivity contribution in [3.8, 4) is 0 Å². The van der Waals surface area contributed by atoms with Crippen molar-refractivity contribution >= 4 is 27.7 Å². The highest BCUT2D eigenvalue weighted by atomic mass is 79.9. The molecule has 0 radical (unpaired) electrons. The predicted molar refractivity (Wildman–Crippen MR) is 85.9 cm³/mol. The highest BCUT2D eigenvalue weighted by Gasteiger charge is 2.17. The van der Waals surface area contributed by atoms with E-state index in [1.807, 2.05) is 11.8 Å². The molecular formula is C15H22BrNOS. The van der Waals surface area contributed by atoms with Crippen LogP contribution in [0.4, 0.5) is 0 Å². The summed E-state index contributed by atoms with van der Waals surface area (Å²) in [6, 6.07) is 6.96. The Bertz CT molecular complexity index is 407. The van der Waals surface area contributed by atoms with Gasteiger partial charge in [0, 0.05) is 27.8 Å². The van der Waals surface area contributed by atoms with Gasteiger partial charge in [-0.1, -0.05) is 28.9 Å². The van der Waals surface area contributed by atoms with Crippen LogP contribution in [0.25, 0.3) is 0 Å². The van der Waals surface area contributed by atoms with E-state index in [1.54, 1.807) is 0 Å². The summed E-state index contributed by atoms with van der Waals surface area (Å²) in [5.41, 5.74) is 1.38. The van der Waals surface area contributed by atoms with Gasteiger partial charge in [0.1, 0.15) is 0 Å². The zero-order valence-corrected chi connectivity index (χ0v) is 14.0. The van der Waals surface area contributed by atoms with Crippen LogP contribution in [-0.2, 0) is 4.74 Å². The Labute approximate surface area is 128 Å². The molecule has 1 aromatic carbocycles. The number of hydrogen-bond donors (Lipinski definition) is 1. The summed E-state index contributed by atoms with van der Waals surface area (Å²) in [6.45, 7) is 6.30. The van der Waals surface area contributed by atoms with Crippen molar-refractivity contribution in [3.63, 3.8) is 0 Å². The molecule has 0 aliphatic carbocycles. The van der Waals surface area contributed by atoms with Crippen molar-refractivity contribution in [3.05, 3.63) is 28.2 Å². The highest BCUT2D eigenvalue weighted by molar-refractivity contribution is 9.10. The molecule has 1 fully saturated rings. The molecule has 2 nitrogen and oxygen atoms in total. The summed E-state index contributed by atoms with van der Waals surface area (Å²) in [5, 5.41) is 3.49. The Morgan fingerprint density at radius 1 is 1.53 bits per heavy atom. The fraction of sp³-hybridized carbons (Fsp3) is 0.600. The van der Waals surface area contributed by atoms with E-state index in [0.717, 1.165) is 23.4 Å². The minimum atomic E-state index is 0.394. The first-order valence-electron chi connectivity index (χ1n) is 6.98. The lowest BCUT2D eigenvalue weighted by Crippen LogP contribution is -2.18. The van der Waals surface area contributed by atoms with E-state index >= 15 is 0 Å². The van der Waals surface area contributed by atoms with Crippen LogP contribution in [0.1, 0.15) is 38.3 Å². The summed E-state index contributed by atoms with van der Waals surface area (Å²) in [5.74, 6) is 1.06. The quantitative estimate of drug-likeness (QED) is 0.774. The molecule has 1 N–H and O–H groups in total. The summed E-state index contributed by atoms with van der Waals surface area (Å²) in [4.78, 5) is 1.36. The molecule has 1 heterocycles. The van der Waals surface area contributed by atoms with Crippen LogP contribution in [0, 0.1) is 0 Å². The zero-order chi connectivity index (χ0) is 13.7. The molecule has 0 amide bonds. The average molecular weight is 344 g/mol. The molecule has 0 aromatic heterocycles. The van der Waals surface area contributed by atoms with Gasteiger partial charge in [-0.2, -0.15) is 0 Å². The molecule has 1 aliphatic rings. The van der Waals surface area contributed by atoms with Gasteiger partial charge in [0.2, 0.25) is 0 Å². The SMILES string of the molecule is CCNC(C)c1ccc(Br)cc1SCC1CCCO1. The Balaban J connectivity index is 2.05. The average Bonchev–Trinajstić information content (AvgIpc) is 2.89. The lowest BCUT2D eigenvalue weighted by Gasteiger charge is -2.18. The maximum Gasteiger partial charge on any atom is 0.0669 e. The van der Waals surface area contributed by atoms with E-state index in [4.69, 9.17) is 4.74 Å². The van der Waals surface area contributed by atoms with Gasteiger partial charge in [-0.05, 0) is 44.0 Å². The van der Waals surface area contributed by atoms with Gasteiger partial charge in [-0.3, -0.25) is 0 Å². The second kappa shape index (κ2) is 7.67. The number of ether oxygens (including phenoxy) is 1. The van der Waals surface area contributed by atoms with Gasteiger partial charge < -0.3 is 10.1 Å². The maximum absolute atomic E-state index is 5.70. The number of halogens is 1. The smallest absolute Gasteiger partial charge is 0.0669 e. The Kier molecular flexibility index (Phi) is 6.20. The molecule has 1 aliphatic heterocycles. The first-order valence-corrected chi connectivity index (χ1v) is 8.75. The molecule has 4 heteroatoms. The predicted octanol–water partition coefficient (Wildman–Crippen LogP) is 4.39. The van der Waals surface area contributed by atoms with E-state index in [-0.39, 0.29) is 0 Å². The largest absolute Gasteiger partial charge is 0.377 e. The zero-order valence-electron chi connectivity index (χ0n) is 11.6. The van der Waals surface area contributed by atoms with E-state index in [9.17, 15) is 0 Å². The Hall–Kier alpha value is -0.0300. The second-order valence-corrected chi connectivity index (χ2v) is 6.89. The Morgan fingerprint density at radius 2 is 2.37 bits per heavy atom. The molecule has 1 aromatic rings. The van der Waals surface area contributed by atoms with Crippen molar-refractivity contribution in [1.29, 1.82) is 0 Å². The Morgan fingerprint density at radius 3 is 3.05 bits per heavy atom. The number of benzene rings is 1. The summed E-state index contributed by atoms with van der Waals surface area (Å²) in [6.07, 6.45) is 2.86. The van der Waals surface area contributed by atoms with Crippen LogP contribution < -0.4 is 5.32 Å². The highest BCUT2D eigenvalue weighted by Crippen LogP contribution is 2.32. The number of hydrogen-bond acceptors (Lipinski definition) is 3. The molecule has 2 unspecified atom stereocenters. The van der Waals surface area contributed by atoms with E-state index < -0.39 is 0 Å². The summed E-state index contributed by atoms with van der Waals surface area (Å²) < 4.78 is 6.85. The fourth-order valence-corrected chi connectivity index (χ4v) is 4.13. The molecule has 106 valence electrons. The standard InChI is InChI=1S/C15H22BrNOS/c1-3-17-11(2)14-7-6-12(16)9-15(14)19-10-13-5-4-8-18-13/h6-7,9,11,13,17H,3-5,8,10H2,1-2H3. The first kappa shape index (κ1) is 15.4. The van der Waals surface area contributed by atoms with Crippen LogP contribution in [-0.4, -0.2) is 25.0 Å². The molecule has 2 rings (SSSR count). The monoisotopic (exact) mass is 343 g/mol. The van der Waals surface area contributed by atoms with Crippen molar-refractivity contribution in [1.82, 2.24) is 5.32 Å². The first-order chi connectivity index (χ1) is 9.20. The van der Waals surface area contributed by atoms with Crippen LogP contribution in [0.3, 0.4) is 0 Å². The molecule has 0 spiro atoms. The topological polar surface area (TPSA) is 21.3 Å². The van der Waals surface area contributed by atoms with E-state index in [1.165, 1.54) is 23.3 Å². The van der Waals surface area contributed by atoms with Crippen molar-refractivity contribution in [2.45, 2.75) is 43.7 Å². The maximum atomic E-state index is 5.70.